The van der Waals surface area contributed by atoms with Gasteiger partial charge in [-0.25, -0.2) is 13.1 Å². The molecular formula is C19H20N4O3S2. The molecule has 0 aliphatic rings. The van der Waals surface area contributed by atoms with Crippen molar-refractivity contribution in [3.05, 3.63) is 70.8 Å². The molecule has 0 spiro atoms. The van der Waals surface area contributed by atoms with E-state index in [1.165, 1.54) is 0 Å². The molecule has 1 aromatic heterocycles. The number of nitrogens with one attached hydrogen (secondary N) is 2. The van der Waals surface area contributed by atoms with Gasteiger partial charge in [0.1, 0.15) is 0 Å². The van der Waals surface area contributed by atoms with E-state index in [9.17, 15) is 13.2 Å². The van der Waals surface area contributed by atoms with Crippen LogP contribution in [0.25, 0.3) is 0 Å². The molecular weight excluding hydrogens is 396 g/mol. The molecule has 9 heteroatoms. The molecule has 0 bridgehead atoms. The van der Waals surface area contributed by atoms with E-state index in [1.807, 2.05) is 32.0 Å². The lowest BCUT2D eigenvalue weighted by Gasteiger charge is -2.16. The minimum absolute atomic E-state index is 0.119. The van der Waals surface area contributed by atoms with Crippen LogP contribution in [0.3, 0.4) is 0 Å². The van der Waals surface area contributed by atoms with Gasteiger partial charge in [-0.3, -0.25) is 10.1 Å². The van der Waals surface area contributed by atoms with Crippen molar-refractivity contribution in [1.29, 1.82) is 0 Å². The van der Waals surface area contributed by atoms with Gasteiger partial charge in [-0.1, -0.05) is 53.3 Å². The maximum Gasteiger partial charge on any atom is 0.270 e. The summed E-state index contributed by atoms with van der Waals surface area (Å²) < 4.78 is 27.7. The number of anilines is 1. The second-order valence-electron chi connectivity index (χ2n) is 6.40. The highest BCUT2D eigenvalue weighted by atomic mass is 32.2. The van der Waals surface area contributed by atoms with Gasteiger partial charge in [-0.05, 0) is 44.0 Å². The van der Waals surface area contributed by atoms with Crippen LogP contribution in [0.2, 0.25) is 0 Å². The van der Waals surface area contributed by atoms with Gasteiger partial charge in [0, 0.05) is 11.6 Å². The predicted octanol–water partition coefficient (Wildman–Crippen LogP) is 3.45. The standard InChI is InChI=1S/C19H20N4O3S2/c1-12-9-10-16(13(2)11-12)14(3)23-28(25,26)19-22-21-18(27-19)20-17(24)15-7-5-4-6-8-15/h4-11,14,23H,1-3H3,(H,20,21,24)/t14-/m0/s1. The average Bonchev–Trinajstić information content (AvgIpc) is 3.11. The number of amides is 1. The summed E-state index contributed by atoms with van der Waals surface area (Å²) in [7, 11) is -3.87. The van der Waals surface area contributed by atoms with Crippen LogP contribution < -0.4 is 10.0 Å². The molecule has 0 aliphatic heterocycles. The molecule has 28 heavy (non-hydrogen) atoms. The van der Waals surface area contributed by atoms with Crippen LogP contribution in [0.5, 0.6) is 0 Å². The molecule has 1 amide bonds. The van der Waals surface area contributed by atoms with Gasteiger partial charge in [0.25, 0.3) is 15.9 Å². The predicted molar refractivity (Wildman–Crippen MR) is 109 cm³/mol. The summed E-state index contributed by atoms with van der Waals surface area (Å²) >= 11 is 0.802. The summed E-state index contributed by atoms with van der Waals surface area (Å²) in [6.45, 7) is 5.70. The van der Waals surface area contributed by atoms with Crippen molar-refractivity contribution in [3.63, 3.8) is 0 Å². The second kappa shape index (κ2) is 8.17. The van der Waals surface area contributed by atoms with Crippen molar-refractivity contribution in [2.45, 2.75) is 31.2 Å². The molecule has 1 heterocycles. The van der Waals surface area contributed by atoms with E-state index in [0.29, 0.717) is 5.56 Å². The zero-order valence-electron chi connectivity index (χ0n) is 15.6. The summed E-state index contributed by atoms with van der Waals surface area (Å²) in [5.74, 6) is -0.377. The fourth-order valence-electron chi connectivity index (χ4n) is 2.79. The summed E-state index contributed by atoms with van der Waals surface area (Å²) in [6, 6.07) is 14.0. The SMILES string of the molecule is Cc1ccc([C@H](C)NS(=O)(=O)c2nnc(NC(=O)c3ccccc3)s2)c(C)c1. The van der Waals surface area contributed by atoms with E-state index in [2.05, 4.69) is 20.2 Å². The Morgan fingerprint density at radius 2 is 1.79 bits per heavy atom. The third-order valence-electron chi connectivity index (χ3n) is 4.12. The molecule has 0 unspecified atom stereocenters. The number of carbonyl (C=O) groups is 1. The average molecular weight is 417 g/mol. The lowest BCUT2D eigenvalue weighted by molar-refractivity contribution is 0.102. The molecule has 3 aromatic rings. The van der Waals surface area contributed by atoms with Gasteiger partial charge in [-0.15, -0.1) is 10.2 Å². The third kappa shape index (κ3) is 4.61. The van der Waals surface area contributed by atoms with E-state index in [1.54, 1.807) is 37.3 Å². The fraction of sp³-hybridized carbons (Fsp3) is 0.211. The Balaban J connectivity index is 1.73. The molecule has 0 fully saturated rings. The number of hydrogen-bond donors (Lipinski definition) is 2. The van der Waals surface area contributed by atoms with Crippen molar-refractivity contribution >= 4 is 32.4 Å². The molecule has 146 valence electrons. The Hall–Kier alpha value is -2.62. The van der Waals surface area contributed by atoms with E-state index in [-0.39, 0.29) is 15.4 Å². The van der Waals surface area contributed by atoms with E-state index in [0.717, 1.165) is 28.0 Å². The van der Waals surface area contributed by atoms with E-state index < -0.39 is 16.1 Å². The monoisotopic (exact) mass is 416 g/mol. The first kappa shape index (κ1) is 20.1. The zero-order valence-corrected chi connectivity index (χ0v) is 17.3. The van der Waals surface area contributed by atoms with E-state index in [4.69, 9.17) is 0 Å². The third-order valence-corrected chi connectivity index (χ3v) is 6.86. The minimum atomic E-state index is -3.87. The van der Waals surface area contributed by atoms with Crippen molar-refractivity contribution in [1.82, 2.24) is 14.9 Å². The first-order chi connectivity index (χ1) is 13.3. The van der Waals surface area contributed by atoms with Crippen LogP contribution in [-0.4, -0.2) is 24.5 Å². The summed E-state index contributed by atoms with van der Waals surface area (Å²) in [6.07, 6.45) is 0. The van der Waals surface area contributed by atoms with Gasteiger partial charge < -0.3 is 0 Å². The number of carbonyl (C=O) groups excluding carboxylic acids is 1. The lowest BCUT2D eigenvalue weighted by atomic mass is 10.0. The van der Waals surface area contributed by atoms with Gasteiger partial charge >= 0.3 is 0 Å². The number of benzene rings is 2. The van der Waals surface area contributed by atoms with Crippen LogP contribution in [0, 0.1) is 13.8 Å². The van der Waals surface area contributed by atoms with Gasteiger partial charge in [0.15, 0.2) is 0 Å². The van der Waals surface area contributed by atoms with Crippen molar-refractivity contribution in [3.8, 4) is 0 Å². The fourth-order valence-corrected chi connectivity index (χ4v) is 4.92. The molecule has 0 aliphatic carbocycles. The normalized spacial score (nSPS) is 12.5. The van der Waals surface area contributed by atoms with Gasteiger partial charge in [-0.2, -0.15) is 0 Å². The number of rotatable bonds is 6. The molecule has 0 saturated heterocycles. The van der Waals surface area contributed by atoms with Gasteiger partial charge in [0.05, 0.1) is 0 Å². The van der Waals surface area contributed by atoms with Crippen molar-refractivity contribution in [2.75, 3.05) is 5.32 Å². The smallest absolute Gasteiger partial charge is 0.270 e. The van der Waals surface area contributed by atoms with Crippen LogP contribution in [0.15, 0.2) is 52.9 Å². The minimum Gasteiger partial charge on any atom is -0.296 e. The Morgan fingerprint density at radius 3 is 2.46 bits per heavy atom. The molecule has 2 aromatic carbocycles. The molecule has 1 atom stereocenters. The summed E-state index contributed by atoms with van der Waals surface area (Å²) in [4.78, 5) is 12.2. The lowest BCUT2D eigenvalue weighted by Crippen LogP contribution is -2.27. The van der Waals surface area contributed by atoms with Crippen LogP contribution in [0.4, 0.5) is 5.13 Å². The second-order valence-corrected chi connectivity index (χ2v) is 9.26. The first-order valence-electron chi connectivity index (χ1n) is 8.55. The van der Waals surface area contributed by atoms with Crippen LogP contribution in [0.1, 0.15) is 40.0 Å². The summed E-state index contributed by atoms with van der Waals surface area (Å²) in [5, 5.41) is 10.2. The largest absolute Gasteiger partial charge is 0.296 e. The maximum absolute atomic E-state index is 12.6. The number of nitrogens with zero attached hydrogens (tertiary/aromatic N) is 2. The molecule has 7 nitrogen and oxygen atoms in total. The quantitative estimate of drug-likeness (QED) is 0.600. The van der Waals surface area contributed by atoms with E-state index >= 15 is 0 Å². The summed E-state index contributed by atoms with van der Waals surface area (Å²) in [5.41, 5.74) is 3.45. The Kier molecular flexibility index (Phi) is 5.87. The Bertz CT molecular complexity index is 1100. The molecule has 3 rings (SSSR count). The van der Waals surface area contributed by atoms with Crippen molar-refractivity contribution < 1.29 is 13.2 Å². The first-order valence-corrected chi connectivity index (χ1v) is 10.9. The van der Waals surface area contributed by atoms with Gasteiger partial charge in [0.2, 0.25) is 9.47 Å². The Labute approximate surface area is 167 Å². The highest BCUT2D eigenvalue weighted by molar-refractivity contribution is 7.91. The number of sulfonamides is 1. The topological polar surface area (TPSA) is 101 Å². The number of aromatic nitrogens is 2. The van der Waals surface area contributed by atoms with Crippen LogP contribution >= 0.6 is 11.3 Å². The highest BCUT2D eigenvalue weighted by Crippen LogP contribution is 2.24. The number of aryl methyl sites for hydroxylation is 2. The molecule has 0 saturated carbocycles. The zero-order chi connectivity index (χ0) is 20.3. The number of hydrogen-bond acceptors (Lipinski definition) is 6. The van der Waals surface area contributed by atoms with Crippen molar-refractivity contribution in [2.24, 2.45) is 0 Å². The molecule has 0 radical (unpaired) electrons. The highest BCUT2D eigenvalue weighted by Gasteiger charge is 2.24. The maximum atomic E-state index is 12.6. The Morgan fingerprint density at radius 1 is 1.07 bits per heavy atom. The van der Waals surface area contributed by atoms with Crippen LogP contribution in [-0.2, 0) is 10.0 Å². The molecule has 2 N–H and O–H groups in total.